The van der Waals surface area contributed by atoms with E-state index >= 15 is 0 Å². The third-order valence-electron chi connectivity index (χ3n) is 6.47. The summed E-state index contributed by atoms with van der Waals surface area (Å²) in [6, 6.07) is 11.0. The van der Waals surface area contributed by atoms with E-state index in [2.05, 4.69) is 4.99 Å². The Kier molecular flexibility index (Phi) is 7.37. The SMILES string of the molecule is COc1cc2c(=O)c(C(=N)/N=C(\C)CC3CCCC3)cn(Cc3ccc(Cl)cc3)c2cc1OC. The maximum Gasteiger partial charge on any atom is 0.200 e. The van der Waals surface area contributed by atoms with E-state index in [1.54, 1.807) is 32.5 Å². The fourth-order valence-electron chi connectivity index (χ4n) is 4.73. The van der Waals surface area contributed by atoms with Gasteiger partial charge >= 0.3 is 0 Å². The molecule has 1 aliphatic rings. The van der Waals surface area contributed by atoms with Gasteiger partial charge in [-0.3, -0.25) is 10.2 Å². The predicted molar refractivity (Wildman–Crippen MR) is 138 cm³/mol. The zero-order valence-corrected chi connectivity index (χ0v) is 20.6. The van der Waals surface area contributed by atoms with Gasteiger partial charge in [-0.15, -0.1) is 0 Å². The number of ether oxygens (including phenoxy) is 2. The third-order valence-corrected chi connectivity index (χ3v) is 6.72. The number of halogens is 1. The molecule has 1 aromatic heterocycles. The van der Waals surface area contributed by atoms with Crippen LogP contribution in [-0.2, 0) is 6.54 Å². The number of aliphatic imine (C=N–C) groups is 1. The maximum absolute atomic E-state index is 13.5. The molecule has 178 valence electrons. The molecule has 4 rings (SSSR count). The molecule has 7 heteroatoms. The van der Waals surface area contributed by atoms with Crippen LogP contribution in [0.5, 0.6) is 11.5 Å². The van der Waals surface area contributed by atoms with Gasteiger partial charge in [0, 0.05) is 29.5 Å². The minimum absolute atomic E-state index is 0.0120. The highest BCUT2D eigenvalue weighted by molar-refractivity contribution is 6.30. The summed E-state index contributed by atoms with van der Waals surface area (Å²) in [5.41, 5.74) is 2.63. The number of amidine groups is 1. The Bertz CT molecular complexity index is 1290. The van der Waals surface area contributed by atoms with Crippen molar-refractivity contribution < 1.29 is 9.47 Å². The molecule has 3 aromatic rings. The Balaban J connectivity index is 1.80. The molecule has 0 spiro atoms. The van der Waals surface area contributed by atoms with Gasteiger partial charge in [0.25, 0.3) is 0 Å². The zero-order chi connectivity index (χ0) is 24.2. The first-order valence-corrected chi connectivity index (χ1v) is 11.9. The van der Waals surface area contributed by atoms with Crippen LogP contribution < -0.4 is 14.9 Å². The summed E-state index contributed by atoms with van der Waals surface area (Å²) in [6.07, 6.45) is 7.55. The van der Waals surface area contributed by atoms with E-state index < -0.39 is 0 Å². The lowest BCUT2D eigenvalue weighted by Gasteiger charge is -2.16. The Morgan fingerprint density at radius 3 is 2.41 bits per heavy atom. The quantitative estimate of drug-likeness (QED) is 0.329. The van der Waals surface area contributed by atoms with Gasteiger partial charge < -0.3 is 14.0 Å². The average Bonchev–Trinajstić information content (AvgIpc) is 3.34. The summed E-state index contributed by atoms with van der Waals surface area (Å²) in [5, 5.41) is 9.78. The molecule has 1 N–H and O–H groups in total. The number of hydrogen-bond donors (Lipinski definition) is 1. The molecule has 2 aromatic carbocycles. The number of nitrogens with zero attached hydrogens (tertiary/aromatic N) is 2. The topological polar surface area (TPSA) is 76.7 Å². The first kappa shape index (κ1) is 24.0. The van der Waals surface area contributed by atoms with E-state index in [4.69, 9.17) is 26.5 Å². The highest BCUT2D eigenvalue weighted by atomic mass is 35.5. The number of pyridine rings is 1. The highest BCUT2D eigenvalue weighted by Crippen LogP contribution is 2.32. The summed E-state index contributed by atoms with van der Waals surface area (Å²) in [6.45, 7) is 2.45. The Morgan fingerprint density at radius 2 is 1.76 bits per heavy atom. The van der Waals surface area contributed by atoms with Crippen molar-refractivity contribution >= 4 is 34.1 Å². The van der Waals surface area contributed by atoms with Crippen LogP contribution in [-0.4, -0.2) is 30.3 Å². The average molecular weight is 480 g/mol. The van der Waals surface area contributed by atoms with Crippen molar-refractivity contribution in [1.29, 1.82) is 5.41 Å². The van der Waals surface area contributed by atoms with E-state index in [0.717, 1.165) is 17.7 Å². The number of benzene rings is 2. The van der Waals surface area contributed by atoms with Crippen molar-refractivity contribution in [3.05, 3.63) is 69.0 Å². The molecular formula is C27H30ClN3O3. The molecular weight excluding hydrogens is 450 g/mol. The summed E-state index contributed by atoms with van der Waals surface area (Å²) >= 11 is 6.06. The van der Waals surface area contributed by atoms with Crippen molar-refractivity contribution in [3.63, 3.8) is 0 Å². The molecule has 1 heterocycles. The van der Waals surface area contributed by atoms with Crippen molar-refractivity contribution in [2.45, 2.75) is 45.6 Å². The van der Waals surface area contributed by atoms with Gasteiger partial charge in [0.05, 0.1) is 30.7 Å². The van der Waals surface area contributed by atoms with Crippen LogP contribution in [0.3, 0.4) is 0 Å². The molecule has 0 amide bonds. The van der Waals surface area contributed by atoms with Crippen molar-refractivity contribution in [2.75, 3.05) is 14.2 Å². The number of rotatable bonds is 7. The van der Waals surface area contributed by atoms with Crippen molar-refractivity contribution in [2.24, 2.45) is 10.9 Å². The Morgan fingerprint density at radius 1 is 1.12 bits per heavy atom. The zero-order valence-electron chi connectivity index (χ0n) is 19.9. The van der Waals surface area contributed by atoms with Gasteiger partial charge in [-0.1, -0.05) is 49.4 Å². The minimum Gasteiger partial charge on any atom is -0.493 e. The van der Waals surface area contributed by atoms with E-state index in [9.17, 15) is 4.79 Å². The Hall–Kier alpha value is -3.12. The molecule has 0 aliphatic heterocycles. The van der Waals surface area contributed by atoms with Gasteiger partial charge in [0.15, 0.2) is 17.3 Å². The number of nitrogens with one attached hydrogen (secondary N) is 1. The molecule has 1 saturated carbocycles. The van der Waals surface area contributed by atoms with E-state index in [-0.39, 0.29) is 16.8 Å². The van der Waals surface area contributed by atoms with Gasteiger partial charge in [-0.25, -0.2) is 4.99 Å². The summed E-state index contributed by atoms with van der Waals surface area (Å²) in [7, 11) is 3.11. The van der Waals surface area contributed by atoms with Gasteiger partial charge in [-0.05, 0) is 43.0 Å². The molecule has 0 saturated heterocycles. The second kappa shape index (κ2) is 10.4. The molecule has 34 heavy (non-hydrogen) atoms. The normalized spacial score (nSPS) is 14.5. The second-order valence-electron chi connectivity index (χ2n) is 8.90. The largest absolute Gasteiger partial charge is 0.493 e. The third kappa shape index (κ3) is 5.17. The standard InChI is InChI=1S/C27H30ClN3O3/c1-17(12-18-6-4-5-7-18)30-27(29)22-16-31(15-19-8-10-20(28)11-9-19)23-14-25(34-3)24(33-2)13-21(23)26(22)32/h8-11,13-14,16,18,29H,4-7,12,15H2,1-3H3/b29-27?,30-17+. The first-order chi connectivity index (χ1) is 16.4. The van der Waals surface area contributed by atoms with Crippen LogP contribution in [0, 0.1) is 11.3 Å². The molecule has 1 aliphatic carbocycles. The number of aromatic nitrogens is 1. The smallest absolute Gasteiger partial charge is 0.200 e. The van der Waals surface area contributed by atoms with Crippen LogP contribution in [0.4, 0.5) is 0 Å². The molecule has 0 bridgehead atoms. The first-order valence-electron chi connectivity index (χ1n) is 11.6. The van der Waals surface area contributed by atoms with Gasteiger partial charge in [-0.2, -0.15) is 0 Å². The number of fused-ring (bicyclic) bond motifs is 1. The fraction of sp³-hybridized carbons (Fsp3) is 0.370. The highest BCUT2D eigenvalue weighted by Gasteiger charge is 2.19. The van der Waals surface area contributed by atoms with Gasteiger partial charge in [0.1, 0.15) is 0 Å². The van der Waals surface area contributed by atoms with Gasteiger partial charge in [0.2, 0.25) is 5.43 Å². The summed E-state index contributed by atoms with van der Waals surface area (Å²) in [5.74, 6) is 1.62. The van der Waals surface area contributed by atoms with Crippen LogP contribution >= 0.6 is 11.6 Å². The number of hydrogen-bond acceptors (Lipinski definition) is 4. The van der Waals surface area contributed by atoms with Crippen LogP contribution in [0.2, 0.25) is 5.02 Å². The van der Waals surface area contributed by atoms with E-state index in [0.29, 0.717) is 39.9 Å². The van der Waals surface area contributed by atoms with E-state index in [1.165, 1.54) is 25.7 Å². The van der Waals surface area contributed by atoms with Crippen LogP contribution in [0.1, 0.15) is 50.2 Å². The second-order valence-corrected chi connectivity index (χ2v) is 9.34. The van der Waals surface area contributed by atoms with Crippen LogP contribution in [0.15, 0.2) is 52.4 Å². The van der Waals surface area contributed by atoms with Crippen LogP contribution in [0.25, 0.3) is 10.9 Å². The molecule has 0 atom stereocenters. The molecule has 0 unspecified atom stereocenters. The summed E-state index contributed by atoms with van der Waals surface area (Å²) < 4.78 is 12.9. The summed E-state index contributed by atoms with van der Waals surface area (Å²) in [4.78, 5) is 18.0. The molecule has 1 fully saturated rings. The lowest BCUT2D eigenvalue weighted by atomic mass is 10.0. The molecule has 0 radical (unpaired) electrons. The predicted octanol–water partition coefficient (Wildman–Crippen LogP) is 6.09. The fourth-order valence-corrected chi connectivity index (χ4v) is 4.86. The lowest BCUT2D eigenvalue weighted by Crippen LogP contribution is -2.20. The number of methoxy groups -OCH3 is 2. The van der Waals surface area contributed by atoms with E-state index in [1.807, 2.05) is 35.8 Å². The maximum atomic E-state index is 13.5. The molecule has 6 nitrogen and oxygen atoms in total. The van der Waals surface area contributed by atoms with Crippen molar-refractivity contribution in [3.8, 4) is 11.5 Å². The Labute approximate surface area is 204 Å². The lowest BCUT2D eigenvalue weighted by molar-refractivity contribution is 0.355. The minimum atomic E-state index is -0.245. The monoisotopic (exact) mass is 479 g/mol. The van der Waals surface area contributed by atoms with Crippen molar-refractivity contribution in [1.82, 2.24) is 4.57 Å².